The van der Waals surface area contributed by atoms with Crippen LogP contribution >= 0.6 is 0 Å². The molecule has 0 aliphatic heterocycles. The Balaban J connectivity index is 2.18. The van der Waals surface area contributed by atoms with Gasteiger partial charge in [-0.1, -0.05) is 32.8 Å². The molecule has 0 amide bonds. The number of rotatable bonds is 5. The second kappa shape index (κ2) is 6.49. The van der Waals surface area contributed by atoms with Gasteiger partial charge in [-0.25, -0.2) is 0 Å². The summed E-state index contributed by atoms with van der Waals surface area (Å²) >= 11 is 0. The van der Waals surface area contributed by atoms with Crippen molar-refractivity contribution >= 4 is 0 Å². The monoisotopic (exact) mass is 263 g/mol. The van der Waals surface area contributed by atoms with Gasteiger partial charge in [-0.05, 0) is 36.8 Å². The molecule has 0 saturated heterocycles. The number of nitrogens with zero attached hydrogens (tertiary/aromatic N) is 1. The van der Waals surface area contributed by atoms with E-state index in [0.29, 0.717) is 0 Å². The van der Waals surface area contributed by atoms with Gasteiger partial charge in [0.15, 0.2) is 0 Å². The second-order valence-electron chi connectivity index (χ2n) is 5.60. The quantitative estimate of drug-likeness (QED) is 0.858. The molecule has 3 unspecified atom stereocenters. The first-order chi connectivity index (χ1) is 9.19. The van der Waals surface area contributed by atoms with E-state index in [0.717, 1.165) is 37.8 Å². The molecular formula is C16H25NO2. The van der Waals surface area contributed by atoms with Gasteiger partial charge in [-0.3, -0.25) is 4.98 Å². The highest BCUT2D eigenvalue weighted by molar-refractivity contribution is 5.27. The number of fused-ring (bicyclic) bond motifs is 1. The molecule has 1 heterocycles. The third kappa shape index (κ3) is 2.98. The standard InChI is InChI=1S/C16H25NO2/c1-3-11(4-2)15(18)16(19)13-9-5-7-12-8-6-10-17-14(12)13/h6,8,10-11,13,15-16,18-19H,3-5,7,9H2,1-2H3. The molecule has 0 bridgehead atoms. The molecule has 0 saturated carbocycles. The predicted octanol–water partition coefficient (Wildman–Crippen LogP) is 2.66. The molecule has 19 heavy (non-hydrogen) atoms. The minimum atomic E-state index is -0.696. The lowest BCUT2D eigenvalue weighted by Crippen LogP contribution is -2.39. The summed E-state index contributed by atoms with van der Waals surface area (Å²) in [7, 11) is 0. The SMILES string of the molecule is CCC(CC)C(O)C(O)C1CCCc2cccnc21. The van der Waals surface area contributed by atoms with E-state index in [1.54, 1.807) is 6.20 Å². The largest absolute Gasteiger partial charge is 0.390 e. The molecule has 1 aromatic rings. The van der Waals surface area contributed by atoms with Gasteiger partial charge in [-0.2, -0.15) is 0 Å². The van der Waals surface area contributed by atoms with Gasteiger partial charge in [0.25, 0.3) is 0 Å². The maximum atomic E-state index is 10.5. The van der Waals surface area contributed by atoms with Crippen molar-refractivity contribution in [2.24, 2.45) is 5.92 Å². The molecule has 1 aliphatic rings. The van der Waals surface area contributed by atoms with Gasteiger partial charge in [0.1, 0.15) is 0 Å². The normalized spacial score (nSPS) is 22.1. The average Bonchev–Trinajstić information content (AvgIpc) is 2.47. The number of aliphatic hydroxyl groups excluding tert-OH is 2. The summed E-state index contributed by atoms with van der Waals surface area (Å²) in [5.41, 5.74) is 2.22. The van der Waals surface area contributed by atoms with Crippen LogP contribution in [0.25, 0.3) is 0 Å². The van der Waals surface area contributed by atoms with Crippen LogP contribution < -0.4 is 0 Å². The Bertz CT molecular complexity index is 403. The van der Waals surface area contributed by atoms with Gasteiger partial charge < -0.3 is 10.2 Å². The molecule has 2 rings (SSSR count). The molecule has 0 radical (unpaired) electrons. The van der Waals surface area contributed by atoms with Crippen molar-refractivity contribution in [2.45, 2.75) is 64.1 Å². The van der Waals surface area contributed by atoms with Crippen LogP contribution in [-0.2, 0) is 6.42 Å². The molecular weight excluding hydrogens is 238 g/mol. The van der Waals surface area contributed by atoms with Crippen molar-refractivity contribution in [3.05, 3.63) is 29.6 Å². The van der Waals surface area contributed by atoms with Gasteiger partial charge in [0.2, 0.25) is 0 Å². The minimum Gasteiger partial charge on any atom is -0.390 e. The molecule has 0 spiro atoms. The van der Waals surface area contributed by atoms with Crippen LogP contribution in [0.3, 0.4) is 0 Å². The Morgan fingerprint density at radius 1 is 1.32 bits per heavy atom. The lowest BCUT2D eigenvalue weighted by atomic mass is 9.78. The van der Waals surface area contributed by atoms with E-state index in [4.69, 9.17) is 0 Å². The van der Waals surface area contributed by atoms with Crippen molar-refractivity contribution in [1.29, 1.82) is 0 Å². The Morgan fingerprint density at radius 2 is 2.05 bits per heavy atom. The number of hydrogen-bond acceptors (Lipinski definition) is 3. The summed E-state index contributed by atoms with van der Waals surface area (Å²) < 4.78 is 0. The average molecular weight is 263 g/mol. The van der Waals surface area contributed by atoms with E-state index in [1.807, 2.05) is 6.07 Å². The van der Waals surface area contributed by atoms with Crippen molar-refractivity contribution in [3.8, 4) is 0 Å². The molecule has 3 atom stereocenters. The zero-order chi connectivity index (χ0) is 13.8. The maximum absolute atomic E-state index is 10.5. The topological polar surface area (TPSA) is 53.4 Å². The minimum absolute atomic E-state index is 0.0134. The number of aryl methyl sites for hydroxylation is 1. The highest BCUT2D eigenvalue weighted by atomic mass is 16.3. The van der Waals surface area contributed by atoms with Crippen molar-refractivity contribution in [1.82, 2.24) is 4.98 Å². The van der Waals surface area contributed by atoms with E-state index >= 15 is 0 Å². The van der Waals surface area contributed by atoms with Crippen LogP contribution in [-0.4, -0.2) is 27.4 Å². The molecule has 1 aliphatic carbocycles. The molecule has 3 nitrogen and oxygen atoms in total. The van der Waals surface area contributed by atoms with Crippen LogP contribution in [0.15, 0.2) is 18.3 Å². The fourth-order valence-corrected chi connectivity index (χ4v) is 3.27. The zero-order valence-electron chi connectivity index (χ0n) is 11.9. The molecule has 0 aromatic carbocycles. The third-order valence-corrected chi connectivity index (χ3v) is 4.53. The van der Waals surface area contributed by atoms with Crippen LogP contribution in [0, 0.1) is 5.92 Å². The molecule has 106 valence electrons. The summed E-state index contributed by atoms with van der Waals surface area (Å²) in [5.74, 6) is 0.157. The lowest BCUT2D eigenvalue weighted by molar-refractivity contribution is -0.0363. The fourth-order valence-electron chi connectivity index (χ4n) is 3.27. The van der Waals surface area contributed by atoms with Crippen LogP contribution in [0.5, 0.6) is 0 Å². The van der Waals surface area contributed by atoms with Crippen LogP contribution in [0.1, 0.15) is 56.7 Å². The fraction of sp³-hybridized carbons (Fsp3) is 0.688. The Hall–Kier alpha value is -0.930. The summed E-state index contributed by atoms with van der Waals surface area (Å²) in [6.07, 6.45) is 5.26. The highest BCUT2D eigenvalue weighted by Crippen LogP contribution is 2.35. The first-order valence-corrected chi connectivity index (χ1v) is 7.48. The third-order valence-electron chi connectivity index (χ3n) is 4.53. The van der Waals surface area contributed by atoms with Crippen molar-refractivity contribution in [3.63, 3.8) is 0 Å². The van der Waals surface area contributed by atoms with E-state index in [9.17, 15) is 10.2 Å². The van der Waals surface area contributed by atoms with E-state index in [1.165, 1.54) is 5.56 Å². The van der Waals surface area contributed by atoms with E-state index < -0.39 is 12.2 Å². The van der Waals surface area contributed by atoms with Crippen LogP contribution in [0.4, 0.5) is 0 Å². The van der Waals surface area contributed by atoms with E-state index in [2.05, 4.69) is 24.9 Å². The summed E-state index contributed by atoms with van der Waals surface area (Å²) in [6.45, 7) is 4.13. The van der Waals surface area contributed by atoms with Gasteiger partial charge >= 0.3 is 0 Å². The molecule has 0 fully saturated rings. The number of aromatic nitrogens is 1. The van der Waals surface area contributed by atoms with Crippen LogP contribution in [0.2, 0.25) is 0 Å². The van der Waals surface area contributed by atoms with Crippen molar-refractivity contribution in [2.75, 3.05) is 0 Å². The van der Waals surface area contributed by atoms with Crippen molar-refractivity contribution < 1.29 is 10.2 Å². The molecule has 1 aromatic heterocycles. The lowest BCUT2D eigenvalue weighted by Gasteiger charge is -2.33. The van der Waals surface area contributed by atoms with E-state index in [-0.39, 0.29) is 11.8 Å². The number of aliphatic hydroxyl groups is 2. The smallest absolute Gasteiger partial charge is 0.0885 e. The molecule has 3 heteroatoms. The first-order valence-electron chi connectivity index (χ1n) is 7.48. The highest BCUT2D eigenvalue weighted by Gasteiger charge is 2.34. The number of hydrogen-bond donors (Lipinski definition) is 2. The molecule has 2 N–H and O–H groups in total. The van der Waals surface area contributed by atoms with Gasteiger partial charge in [-0.15, -0.1) is 0 Å². The summed E-state index contributed by atoms with van der Waals surface area (Å²) in [6, 6.07) is 4.04. The number of pyridine rings is 1. The maximum Gasteiger partial charge on any atom is 0.0885 e. The van der Waals surface area contributed by atoms with Gasteiger partial charge in [0.05, 0.1) is 12.2 Å². The summed E-state index contributed by atoms with van der Waals surface area (Å²) in [5, 5.41) is 20.9. The predicted molar refractivity (Wildman–Crippen MR) is 76.0 cm³/mol. The Kier molecular flexibility index (Phi) is 4.94. The summed E-state index contributed by atoms with van der Waals surface area (Å²) in [4.78, 5) is 4.44. The van der Waals surface area contributed by atoms with Gasteiger partial charge in [0, 0.05) is 17.8 Å². The second-order valence-corrected chi connectivity index (χ2v) is 5.60. The zero-order valence-corrected chi connectivity index (χ0v) is 11.9. The Labute approximate surface area is 115 Å². The Morgan fingerprint density at radius 3 is 2.74 bits per heavy atom. The first kappa shape index (κ1) is 14.5.